The van der Waals surface area contributed by atoms with Gasteiger partial charge in [-0.1, -0.05) is 30.3 Å². The molecule has 1 amide bonds. The minimum atomic E-state index is -0.235. The fourth-order valence-electron chi connectivity index (χ4n) is 3.36. The second-order valence-electron chi connectivity index (χ2n) is 6.93. The van der Waals surface area contributed by atoms with Crippen molar-refractivity contribution in [1.82, 2.24) is 14.9 Å². The number of carbonyl (C=O) groups excluding carboxylic acids is 1. The summed E-state index contributed by atoms with van der Waals surface area (Å²) in [6, 6.07) is 15.6. The molecule has 6 nitrogen and oxygen atoms in total. The van der Waals surface area contributed by atoms with Crippen LogP contribution in [0.2, 0.25) is 0 Å². The molecule has 0 spiro atoms. The molecule has 3 aromatic rings. The quantitative estimate of drug-likeness (QED) is 0.761. The zero-order valence-corrected chi connectivity index (χ0v) is 15.9. The molecule has 1 aliphatic heterocycles. The van der Waals surface area contributed by atoms with Crippen LogP contribution >= 0.6 is 0 Å². The van der Waals surface area contributed by atoms with E-state index in [1.54, 1.807) is 18.6 Å². The Bertz CT molecular complexity index is 952. The van der Waals surface area contributed by atoms with E-state index >= 15 is 0 Å². The van der Waals surface area contributed by atoms with Gasteiger partial charge in [0.15, 0.2) is 0 Å². The smallest absolute Gasteiger partial charge is 0.274 e. The van der Waals surface area contributed by atoms with Gasteiger partial charge in [-0.15, -0.1) is 0 Å². The summed E-state index contributed by atoms with van der Waals surface area (Å²) in [5.41, 5.74) is 4.11. The normalized spacial score (nSPS) is 14.7. The highest BCUT2D eigenvalue weighted by molar-refractivity contribution is 6.05. The molecule has 1 fully saturated rings. The molecule has 1 saturated heterocycles. The molecule has 1 N–H and O–H groups in total. The molecule has 28 heavy (non-hydrogen) atoms. The van der Waals surface area contributed by atoms with Crippen LogP contribution in [0.1, 0.15) is 10.5 Å². The molecule has 1 aromatic carbocycles. The third kappa shape index (κ3) is 4.02. The fraction of sp³-hybridized carbons (Fsp3) is 0.227. The molecule has 0 aliphatic carbocycles. The zero-order valence-electron chi connectivity index (χ0n) is 15.9. The number of likely N-dealkylation sites (N-methyl/N-ethyl adjacent to an activating group) is 1. The number of amides is 1. The van der Waals surface area contributed by atoms with Crippen molar-refractivity contribution in [2.75, 3.05) is 43.4 Å². The van der Waals surface area contributed by atoms with Crippen molar-refractivity contribution in [3.8, 4) is 11.1 Å². The van der Waals surface area contributed by atoms with Crippen molar-refractivity contribution in [3.05, 3.63) is 72.8 Å². The van der Waals surface area contributed by atoms with Crippen molar-refractivity contribution in [3.63, 3.8) is 0 Å². The van der Waals surface area contributed by atoms with Gasteiger partial charge in [-0.2, -0.15) is 0 Å². The molecule has 6 heteroatoms. The van der Waals surface area contributed by atoms with Crippen LogP contribution in [0.5, 0.6) is 0 Å². The highest BCUT2D eigenvalue weighted by Gasteiger charge is 2.19. The van der Waals surface area contributed by atoms with Crippen molar-refractivity contribution in [2.45, 2.75) is 0 Å². The summed E-state index contributed by atoms with van der Waals surface area (Å²) in [4.78, 5) is 25.9. The first kappa shape index (κ1) is 18.1. The molecule has 1 aliphatic rings. The molecular formula is C22H23N5O. The summed E-state index contributed by atoms with van der Waals surface area (Å²) in [6.07, 6.45) is 5.13. The van der Waals surface area contributed by atoms with Crippen LogP contribution in [0.4, 0.5) is 11.4 Å². The van der Waals surface area contributed by atoms with Crippen LogP contribution in [0.25, 0.3) is 11.1 Å². The minimum Gasteiger partial charge on any atom is -0.367 e. The van der Waals surface area contributed by atoms with E-state index in [9.17, 15) is 4.79 Å². The largest absolute Gasteiger partial charge is 0.367 e. The SMILES string of the molecule is CN1CCN(c2ccncc2NC(=O)c2cc(-c3ccccc3)ccn2)CC1. The molecule has 3 heterocycles. The van der Waals surface area contributed by atoms with Gasteiger partial charge in [0, 0.05) is 38.6 Å². The third-order valence-electron chi connectivity index (χ3n) is 4.99. The van der Waals surface area contributed by atoms with Gasteiger partial charge >= 0.3 is 0 Å². The Morgan fingerprint density at radius 3 is 2.54 bits per heavy atom. The second kappa shape index (κ2) is 8.19. The van der Waals surface area contributed by atoms with Crippen LogP contribution < -0.4 is 10.2 Å². The Kier molecular flexibility index (Phi) is 5.30. The predicted octanol–water partition coefficient (Wildman–Crippen LogP) is 3.15. The first-order valence-electron chi connectivity index (χ1n) is 9.41. The Morgan fingerprint density at radius 1 is 0.964 bits per heavy atom. The topological polar surface area (TPSA) is 61.4 Å². The van der Waals surface area contributed by atoms with Crippen LogP contribution in [0.15, 0.2) is 67.1 Å². The molecule has 0 radical (unpaired) electrons. The van der Waals surface area contributed by atoms with E-state index in [1.807, 2.05) is 48.5 Å². The van der Waals surface area contributed by atoms with E-state index in [1.165, 1.54) is 0 Å². The number of nitrogens with one attached hydrogen (secondary N) is 1. The lowest BCUT2D eigenvalue weighted by molar-refractivity contribution is 0.102. The molecule has 0 atom stereocenters. The average Bonchev–Trinajstić information content (AvgIpc) is 2.75. The van der Waals surface area contributed by atoms with Gasteiger partial charge in [-0.3, -0.25) is 14.8 Å². The molecule has 0 saturated carbocycles. The number of carbonyl (C=O) groups is 1. The summed E-state index contributed by atoms with van der Waals surface area (Å²) in [5.74, 6) is -0.235. The van der Waals surface area contributed by atoms with Crippen LogP contribution in [0.3, 0.4) is 0 Å². The van der Waals surface area contributed by atoms with Crippen molar-refractivity contribution in [1.29, 1.82) is 0 Å². The lowest BCUT2D eigenvalue weighted by Crippen LogP contribution is -2.44. The van der Waals surface area contributed by atoms with E-state index in [-0.39, 0.29) is 5.91 Å². The number of hydrogen-bond acceptors (Lipinski definition) is 5. The predicted molar refractivity (Wildman–Crippen MR) is 112 cm³/mol. The number of rotatable bonds is 4. The summed E-state index contributed by atoms with van der Waals surface area (Å²) < 4.78 is 0. The van der Waals surface area contributed by atoms with Crippen LogP contribution in [-0.2, 0) is 0 Å². The number of piperazine rings is 1. The first-order chi connectivity index (χ1) is 13.7. The van der Waals surface area contributed by atoms with Gasteiger partial charge in [-0.25, -0.2) is 0 Å². The highest BCUT2D eigenvalue weighted by Crippen LogP contribution is 2.26. The van der Waals surface area contributed by atoms with E-state index in [4.69, 9.17) is 0 Å². The lowest BCUT2D eigenvalue weighted by atomic mass is 10.1. The van der Waals surface area contributed by atoms with Crippen LogP contribution in [0, 0.1) is 0 Å². The maximum absolute atomic E-state index is 12.9. The monoisotopic (exact) mass is 373 g/mol. The van der Waals surface area contributed by atoms with Gasteiger partial charge in [0.2, 0.25) is 0 Å². The Hall–Kier alpha value is -3.25. The van der Waals surface area contributed by atoms with Gasteiger partial charge < -0.3 is 15.1 Å². The van der Waals surface area contributed by atoms with Gasteiger partial charge in [-0.05, 0) is 36.4 Å². The Morgan fingerprint density at radius 2 is 1.75 bits per heavy atom. The molecule has 142 valence electrons. The number of pyridine rings is 2. The highest BCUT2D eigenvalue weighted by atomic mass is 16.1. The average molecular weight is 373 g/mol. The van der Waals surface area contributed by atoms with Gasteiger partial charge in [0.05, 0.1) is 17.6 Å². The van der Waals surface area contributed by atoms with Crippen molar-refractivity contribution >= 4 is 17.3 Å². The Balaban J connectivity index is 1.55. The number of hydrogen-bond donors (Lipinski definition) is 1. The number of nitrogens with zero attached hydrogens (tertiary/aromatic N) is 4. The lowest BCUT2D eigenvalue weighted by Gasteiger charge is -2.34. The van der Waals surface area contributed by atoms with Crippen molar-refractivity contribution < 1.29 is 4.79 Å². The first-order valence-corrected chi connectivity index (χ1v) is 9.41. The molecule has 2 aromatic heterocycles. The van der Waals surface area contributed by atoms with E-state index < -0.39 is 0 Å². The number of aromatic nitrogens is 2. The van der Waals surface area contributed by atoms with Crippen LogP contribution in [-0.4, -0.2) is 54.0 Å². The van der Waals surface area contributed by atoms with Gasteiger partial charge in [0.25, 0.3) is 5.91 Å². The second-order valence-corrected chi connectivity index (χ2v) is 6.93. The van der Waals surface area contributed by atoms with E-state index in [0.29, 0.717) is 11.4 Å². The Labute approximate surface area is 164 Å². The third-order valence-corrected chi connectivity index (χ3v) is 4.99. The summed E-state index contributed by atoms with van der Waals surface area (Å²) in [7, 11) is 2.12. The maximum Gasteiger partial charge on any atom is 0.274 e. The zero-order chi connectivity index (χ0) is 19.3. The molecule has 0 bridgehead atoms. The maximum atomic E-state index is 12.9. The number of anilines is 2. The summed E-state index contributed by atoms with van der Waals surface area (Å²) in [5, 5.41) is 2.99. The van der Waals surface area contributed by atoms with Crippen molar-refractivity contribution in [2.24, 2.45) is 0 Å². The standard InChI is InChI=1S/C22H23N5O/c1-26-11-13-27(14-12-26)21-8-9-23-16-20(21)25-22(28)19-15-18(7-10-24-19)17-5-3-2-4-6-17/h2-10,15-16H,11-14H2,1H3,(H,25,28). The summed E-state index contributed by atoms with van der Waals surface area (Å²) >= 11 is 0. The van der Waals surface area contributed by atoms with Gasteiger partial charge in [0.1, 0.15) is 5.69 Å². The molecule has 0 unspecified atom stereocenters. The number of benzene rings is 1. The fourth-order valence-corrected chi connectivity index (χ4v) is 3.36. The molecular weight excluding hydrogens is 350 g/mol. The minimum absolute atomic E-state index is 0.235. The van der Waals surface area contributed by atoms with E-state index in [2.05, 4.69) is 32.1 Å². The summed E-state index contributed by atoms with van der Waals surface area (Å²) in [6.45, 7) is 3.84. The van der Waals surface area contributed by atoms with E-state index in [0.717, 1.165) is 43.0 Å². The molecule has 4 rings (SSSR count).